The molecule has 0 saturated carbocycles. The van der Waals surface area contributed by atoms with Crippen LogP contribution >= 0.6 is 11.6 Å². The average Bonchev–Trinajstić information content (AvgIpc) is 3.28. The van der Waals surface area contributed by atoms with Crippen molar-refractivity contribution in [2.45, 2.75) is 42.4 Å². The number of benzene rings is 2. The van der Waals surface area contributed by atoms with E-state index in [0.717, 1.165) is 31.2 Å². The molecule has 0 atom stereocenters. The molecule has 1 aliphatic rings. The molecule has 4 rings (SSSR count). The highest BCUT2D eigenvalue weighted by molar-refractivity contribution is 7.91. The summed E-state index contributed by atoms with van der Waals surface area (Å²) in [6, 6.07) is 11.8. The first-order valence-electron chi connectivity index (χ1n) is 10.1. The molecule has 2 aromatic carbocycles. The van der Waals surface area contributed by atoms with E-state index in [4.69, 9.17) is 11.6 Å². The minimum Gasteiger partial charge on any atom is -0.339 e. The van der Waals surface area contributed by atoms with Crippen molar-refractivity contribution in [1.29, 1.82) is 0 Å². The normalized spacial score (nSPS) is 14.4. The molecule has 0 unspecified atom stereocenters. The number of sulfone groups is 1. The molecule has 1 amide bonds. The molecule has 3 aromatic rings. The first-order valence-corrected chi connectivity index (χ1v) is 12.0. The Labute approximate surface area is 181 Å². The van der Waals surface area contributed by atoms with Crippen LogP contribution in [0.3, 0.4) is 0 Å². The van der Waals surface area contributed by atoms with Crippen molar-refractivity contribution in [1.82, 2.24) is 9.88 Å². The van der Waals surface area contributed by atoms with E-state index in [1.165, 1.54) is 6.20 Å². The molecule has 156 valence electrons. The van der Waals surface area contributed by atoms with Crippen molar-refractivity contribution in [3.05, 3.63) is 64.8 Å². The third-order valence-electron chi connectivity index (χ3n) is 5.45. The summed E-state index contributed by atoms with van der Waals surface area (Å²) < 4.78 is 27.5. The summed E-state index contributed by atoms with van der Waals surface area (Å²) in [6.45, 7) is 3.32. The van der Waals surface area contributed by atoms with Gasteiger partial charge in [0.15, 0.2) is 0 Å². The number of halogens is 1. The Hall–Kier alpha value is -2.44. The number of carbonyl (C=O) groups is 1. The number of aromatic nitrogens is 1. The zero-order valence-corrected chi connectivity index (χ0v) is 18.3. The Kier molecular flexibility index (Phi) is 5.80. The second-order valence-electron chi connectivity index (χ2n) is 7.56. The fourth-order valence-electron chi connectivity index (χ4n) is 3.91. The van der Waals surface area contributed by atoms with Gasteiger partial charge in [-0.15, -0.1) is 0 Å². The van der Waals surface area contributed by atoms with Crippen molar-refractivity contribution in [3.8, 4) is 0 Å². The molecular formula is C23H23ClN2O3S. The number of fused-ring (bicyclic) bond motifs is 1. The van der Waals surface area contributed by atoms with Gasteiger partial charge in [-0.2, -0.15) is 0 Å². The van der Waals surface area contributed by atoms with E-state index in [1.54, 1.807) is 35.2 Å². The number of carbonyl (C=O) groups excluding carboxylic acids is 1. The number of hydrogen-bond donors (Lipinski definition) is 0. The molecule has 0 spiro atoms. The zero-order chi connectivity index (χ0) is 21.3. The fraction of sp³-hybridized carbons (Fsp3) is 0.304. The van der Waals surface area contributed by atoms with E-state index in [-0.39, 0.29) is 21.3 Å². The van der Waals surface area contributed by atoms with E-state index >= 15 is 0 Å². The van der Waals surface area contributed by atoms with Gasteiger partial charge in [0.25, 0.3) is 5.91 Å². The summed E-state index contributed by atoms with van der Waals surface area (Å²) in [6.07, 6.45) is 5.08. The number of rotatable bonds is 5. The minimum atomic E-state index is -3.97. The minimum absolute atomic E-state index is 0.0184. The molecular weight excluding hydrogens is 420 g/mol. The van der Waals surface area contributed by atoms with Crippen LogP contribution in [0, 0.1) is 0 Å². The summed E-state index contributed by atoms with van der Waals surface area (Å²) in [5.74, 6) is -0.303. The number of pyridine rings is 1. The largest absolute Gasteiger partial charge is 0.339 e. The number of nitrogens with zero attached hydrogens (tertiary/aromatic N) is 2. The van der Waals surface area contributed by atoms with Crippen molar-refractivity contribution in [2.24, 2.45) is 0 Å². The van der Waals surface area contributed by atoms with Crippen LogP contribution in [0.1, 0.15) is 42.1 Å². The highest BCUT2D eigenvalue weighted by atomic mass is 35.5. The summed E-state index contributed by atoms with van der Waals surface area (Å²) in [5.41, 5.74) is 1.66. The van der Waals surface area contributed by atoms with Gasteiger partial charge in [0.2, 0.25) is 9.84 Å². The van der Waals surface area contributed by atoms with Crippen LogP contribution in [-0.4, -0.2) is 37.3 Å². The lowest BCUT2D eigenvalue weighted by atomic mass is 10.1. The third kappa shape index (κ3) is 3.82. The summed E-state index contributed by atoms with van der Waals surface area (Å²) in [4.78, 5) is 19.4. The van der Waals surface area contributed by atoms with Gasteiger partial charge in [0.1, 0.15) is 0 Å². The lowest BCUT2D eigenvalue weighted by Gasteiger charge is -2.19. The highest BCUT2D eigenvalue weighted by Crippen LogP contribution is 2.33. The Balaban J connectivity index is 1.93. The molecule has 1 aliphatic heterocycles. The number of likely N-dealkylation sites (tertiary alicyclic amines) is 1. The number of amides is 1. The standard InChI is InChI=1S/C23H23ClN2O3S/c1-2-5-16-6-9-18(10-7-16)30(28,29)22-19-14-17(24)8-11-21(19)25-15-20(22)23(27)26-12-3-4-13-26/h6-11,14-15H,2-5,12-13H2,1H3. The zero-order valence-electron chi connectivity index (χ0n) is 16.8. The number of aryl methyl sites for hydroxylation is 1. The Morgan fingerprint density at radius 1 is 1.10 bits per heavy atom. The maximum atomic E-state index is 13.7. The van der Waals surface area contributed by atoms with Gasteiger partial charge in [-0.25, -0.2) is 8.42 Å². The van der Waals surface area contributed by atoms with Crippen molar-refractivity contribution < 1.29 is 13.2 Å². The second kappa shape index (κ2) is 8.36. The summed E-state index contributed by atoms with van der Waals surface area (Å²) in [7, 11) is -3.97. The van der Waals surface area contributed by atoms with Gasteiger partial charge < -0.3 is 4.90 Å². The van der Waals surface area contributed by atoms with Gasteiger partial charge in [-0.1, -0.05) is 37.1 Å². The van der Waals surface area contributed by atoms with Crippen LogP contribution in [0.2, 0.25) is 5.02 Å². The van der Waals surface area contributed by atoms with Crippen molar-refractivity contribution >= 4 is 38.2 Å². The quantitative estimate of drug-likeness (QED) is 0.563. The monoisotopic (exact) mass is 442 g/mol. The maximum Gasteiger partial charge on any atom is 0.256 e. The van der Waals surface area contributed by atoms with Crippen molar-refractivity contribution in [3.63, 3.8) is 0 Å². The van der Waals surface area contributed by atoms with Gasteiger partial charge in [0.05, 0.1) is 20.9 Å². The van der Waals surface area contributed by atoms with Crippen LogP contribution in [0.25, 0.3) is 10.9 Å². The topological polar surface area (TPSA) is 67.3 Å². The van der Waals surface area contributed by atoms with Crippen LogP contribution in [0.15, 0.2) is 58.5 Å². The molecule has 0 radical (unpaired) electrons. The lowest BCUT2D eigenvalue weighted by molar-refractivity contribution is 0.0789. The number of hydrogen-bond acceptors (Lipinski definition) is 4. The smallest absolute Gasteiger partial charge is 0.256 e. The molecule has 1 aromatic heterocycles. The molecule has 30 heavy (non-hydrogen) atoms. The van der Waals surface area contributed by atoms with Gasteiger partial charge >= 0.3 is 0 Å². The van der Waals surface area contributed by atoms with E-state index in [0.29, 0.717) is 29.0 Å². The third-order valence-corrected chi connectivity index (χ3v) is 7.55. The van der Waals surface area contributed by atoms with Crippen LogP contribution in [0.5, 0.6) is 0 Å². The molecule has 5 nitrogen and oxygen atoms in total. The molecule has 7 heteroatoms. The summed E-state index contributed by atoms with van der Waals surface area (Å²) in [5, 5.41) is 0.759. The van der Waals surface area contributed by atoms with Crippen molar-refractivity contribution in [2.75, 3.05) is 13.1 Å². The van der Waals surface area contributed by atoms with E-state index in [2.05, 4.69) is 11.9 Å². The molecule has 1 fully saturated rings. The van der Waals surface area contributed by atoms with E-state index in [9.17, 15) is 13.2 Å². The molecule has 2 heterocycles. The van der Waals surface area contributed by atoms with Crippen LogP contribution in [0.4, 0.5) is 0 Å². The fourth-order valence-corrected chi connectivity index (χ4v) is 5.70. The van der Waals surface area contributed by atoms with Gasteiger partial charge in [-0.3, -0.25) is 9.78 Å². The SMILES string of the molecule is CCCc1ccc(S(=O)(=O)c2c(C(=O)N3CCCC3)cnc3ccc(Cl)cc23)cc1. The lowest BCUT2D eigenvalue weighted by Crippen LogP contribution is -2.29. The second-order valence-corrected chi connectivity index (χ2v) is 9.88. The Morgan fingerprint density at radius 3 is 2.47 bits per heavy atom. The maximum absolute atomic E-state index is 13.7. The molecule has 0 N–H and O–H groups in total. The highest BCUT2D eigenvalue weighted by Gasteiger charge is 2.31. The predicted octanol–water partition coefficient (Wildman–Crippen LogP) is 4.91. The van der Waals surface area contributed by atoms with Crippen LogP contribution < -0.4 is 0 Å². The predicted molar refractivity (Wildman–Crippen MR) is 118 cm³/mol. The summed E-state index contributed by atoms with van der Waals surface area (Å²) >= 11 is 6.18. The first kappa shape index (κ1) is 20.8. The molecule has 0 aliphatic carbocycles. The average molecular weight is 443 g/mol. The Morgan fingerprint density at radius 2 is 1.80 bits per heavy atom. The van der Waals surface area contributed by atoms with Gasteiger partial charge in [0, 0.05) is 29.7 Å². The van der Waals surface area contributed by atoms with Gasteiger partial charge in [-0.05, 0) is 55.2 Å². The Bertz CT molecular complexity index is 1200. The first-order chi connectivity index (χ1) is 14.4. The molecule has 0 bridgehead atoms. The molecule has 1 saturated heterocycles. The van der Waals surface area contributed by atoms with E-state index in [1.807, 2.05) is 12.1 Å². The van der Waals surface area contributed by atoms with Crippen LogP contribution in [-0.2, 0) is 16.3 Å². The van der Waals surface area contributed by atoms with E-state index < -0.39 is 9.84 Å².